The highest BCUT2D eigenvalue weighted by atomic mass is 35.5. The van der Waals surface area contributed by atoms with Gasteiger partial charge in [0.1, 0.15) is 11.6 Å². The number of hydrogen-bond acceptors (Lipinski definition) is 2. The predicted octanol–water partition coefficient (Wildman–Crippen LogP) is 3.81. The highest BCUT2D eigenvalue weighted by Gasteiger charge is 2.07. The van der Waals surface area contributed by atoms with Gasteiger partial charge in [0.05, 0.1) is 7.11 Å². The van der Waals surface area contributed by atoms with Gasteiger partial charge < -0.3 is 15.4 Å². The van der Waals surface area contributed by atoms with Crippen LogP contribution in [0, 0.1) is 5.82 Å². The Morgan fingerprint density at radius 3 is 2.62 bits per heavy atom. The van der Waals surface area contributed by atoms with Crippen molar-refractivity contribution in [2.75, 3.05) is 12.4 Å². The lowest BCUT2D eigenvalue weighted by molar-refractivity contribution is 0.251. The summed E-state index contributed by atoms with van der Waals surface area (Å²) >= 11 is 5.76. The highest BCUT2D eigenvalue weighted by Crippen LogP contribution is 2.19. The number of halogens is 2. The lowest BCUT2D eigenvalue weighted by Gasteiger charge is -2.11. The molecule has 2 amide bonds. The summed E-state index contributed by atoms with van der Waals surface area (Å²) in [4.78, 5) is 11.8. The summed E-state index contributed by atoms with van der Waals surface area (Å²) in [7, 11) is 1.49. The normalized spacial score (nSPS) is 10.0. The van der Waals surface area contributed by atoms with Crippen molar-refractivity contribution < 1.29 is 13.9 Å². The fourth-order valence-corrected chi connectivity index (χ4v) is 1.90. The molecule has 110 valence electrons. The van der Waals surface area contributed by atoms with Gasteiger partial charge in [-0.1, -0.05) is 11.6 Å². The average molecular weight is 309 g/mol. The molecule has 0 saturated heterocycles. The smallest absolute Gasteiger partial charge is 0.319 e. The Kier molecular flexibility index (Phi) is 5.00. The second kappa shape index (κ2) is 6.95. The van der Waals surface area contributed by atoms with E-state index in [4.69, 9.17) is 16.3 Å². The number of methoxy groups -OCH3 is 1. The van der Waals surface area contributed by atoms with E-state index in [1.54, 1.807) is 24.3 Å². The van der Waals surface area contributed by atoms with Crippen molar-refractivity contribution in [3.05, 3.63) is 58.9 Å². The van der Waals surface area contributed by atoms with E-state index in [2.05, 4.69) is 10.6 Å². The first-order valence-corrected chi connectivity index (χ1v) is 6.59. The zero-order valence-electron chi connectivity index (χ0n) is 11.3. The summed E-state index contributed by atoms with van der Waals surface area (Å²) in [6, 6.07) is 10.5. The highest BCUT2D eigenvalue weighted by molar-refractivity contribution is 6.30. The van der Waals surface area contributed by atoms with Crippen LogP contribution in [-0.4, -0.2) is 13.1 Å². The number of anilines is 1. The number of amides is 2. The summed E-state index contributed by atoms with van der Waals surface area (Å²) in [6.07, 6.45) is 0. The molecule has 6 heteroatoms. The Morgan fingerprint density at radius 2 is 1.95 bits per heavy atom. The third-order valence-electron chi connectivity index (χ3n) is 2.78. The maximum Gasteiger partial charge on any atom is 0.319 e. The summed E-state index contributed by atoms with van der Waals surface area (Å²) in [5, 5.41) is 5.87. The molecule has 0 atom stereocenters. The summed E-state index contributed by atoms with van der Waals surface area (Å²) in [5.74, 6) is 0.133. The molecule has 0 aliphatic carbocycles. The molecule has 2 rings (SSSR count). The van der Waals surface area contributed by atoms with E-state index < -0.39 is 6.03 Å². The van der Waals surface area contributed by atoms with Gasteiger partial charge in [0.25, 0.3) is 0 Å². The summed E-state index contributed by atoms with van der Waals surface area (Å²) in [5.41, 5.74) is 1.17. The fraction of sp³-hybridized carbons (Fsp3) is 0.133. The lowest BCUT2D eigenvalue weighted by Crippen LogP contribution is -2.28. The molecule has 2 aromatic carbocycles. The Hall–Kier alpha value is -2.27. The van der Waals surface area contributed by atoms with Crippen molar-refractivity contribution in [1.29, 1.82) is 0 Å². The molecule has 2 N–H and O–H groups in total. The maximum absolute atomic E-state index is 13.2. The third-order valence-corrected chi connectivity index (χ3v) is 3.04. The number of carbonyl (C=O) groups is 1. The van der Waals surface area contributed by atoms with Crippen LogP contribution >= 0.6 is 11.6 Å². The second-order valence-corrected chi connectivity index (χ2v) is 4.71. The van der Waals surface area contributed by atoms with Crippen LogP contribution < -0.4 is 15.4 Å². The predicted molar refractivity (Wildman–Crippen MR) is 80.3 cm³/mol. The zero-order chi connectivity index (χ0) is 15.2. The minimum absolute atomic E-state index is 0.153. The van der Waals surface area contributed by atoms with Crippen LogP contribution in [0.15, 0.2) is 42.5 Å². The quantitative estimate of drug-likeness (QED) is 0.902. The van der Waals surface area contributed by atoms with Crippen LogP contribution in [0.5, 0.6) is 5.75 Å². The standard InChI is InChI=1S/C15H14ClFN2O2/c1-21-14-7-4-12(17)8-10(14)9-18-15(20)19-13-5-2-11(16)3-6-13/h2-8H,9H2,1H3,(H2,18,19,20). The SMILES string of the molecule is COc1ccc(F)cc1CNC(=O)Nc1ccc(Cl)cc1. The minimum atomic E-state index is -0.399. The summed E-state index contributed by atoms with van der Waals surface area (Å²) < 4.78 is 18.3. The monoisotopic (exact) mass is 308 g/mol. The molecule has 0 fully saturated rings. The van der Waals surface area contributed by atoms with Gasteiger partial charge in [0.15, 0.2) is 0 Å². The van der Waals surface area contributed by atoms with Crippen molar-refractivity contribution in [1.82, 2.24) is 5.32 Å². The fourth-order valence-electron chi connectivity index (χ4n) is 1.77. The van der Waals surface area contributed by atoms with E-state index >= 15 is 0 Å². The van der Waals surface area contributed by atoms with Gasteiger partial charge in [-0.2, -0.15) is 0 Å². The van der Waals surface area contributed by atoms with Crippen molar-refractivity contribution in [3.63, 3.8) is 0 Å². The van der Waals surface area contributed by atoms with Gasteiger partial charge in [-0.05, 0) is 42.5 Å². The van der Waals surface area contributed by atoms with Crippen molar-refractivity contribution in [2.24, 2.45) is 0 Å². The largest absolute Gasteiger partial charge is 0.496 e. The van der Waals surface area contributed by atoms with Crippen LogP contribution in [0.1, 0.15) is 5.56 Å². The number of ether oxygens (including phenoxy) is 1. The number of benzene rings is 2. The van der Waals surface area contributed by atoms with Crippen molar-refractivity contribution in [2.45, 2.75) is 6.54 Å². The molecule has 4 nitrogen and oxygen atoms in total. The number of hydrogen-bond donors (Lipinski definition) is 2. The number of rotatable bonds is 4. The molecular weight excluding hydrogens is 295 g/mol. The Labute approximate surface area is 126 Å². The lowest BCUT2D eigenvalue weighted by atomic mass is 10.2. The molecule has 0 saturated carbocycles. The van der Waals surface area contributed by atoms with E-state index in [0.717, 1.165) is 0 Å². The van der Waals surface area contributed by atoms with E-state index in [1.165, 1.54) is 25.3 Å². The van der Waals surface area contributed by atoms with Crippen LogP contribution in [-0.2, 0) is 6.54 Å². The molecule has 0 aliphatic rings. The number of carbonyl (C=O) groups excluding carboxylic acids is 1. The van der Waals surface area contributed by atoms with Gasteiger partial charge in [0.2, 0.25) is 0 Å². The molecule has 2 aromatic rings. The molecule has 0 aromatic heterocycles. The third kappa shape index (κ3) is 4.36. The Bertz CT molecular complexity index is 632. The molecule has 0 bridgehead atoms. The summed E-state index contributed by atoms with van der Waals surface area (Å²) in [6.45, 7) is 0.153. The topological polar surface area (TPSA) is 50.4 Å². The van der Waals surface area contributed by atoms with E-state index in [1.807, 2.05) is 0 Å². The van der Waals surface area contributed by atoms with Gasteiger partial charge >= 0.3 is 6.03 Å². The molecule has 0 spiro atoms. The van der Waals surface area contributed by atoms with E-state index in [-0.39, 0.29) is 12.4 Å². The molecule has 0 aliphatic heterocycles. The molecule has 0 radical (unpaired) electrons. The van der Waals surface area contributed by atoms with Crippen LogP contribution in [0.25, 0.3) is 0 Å². The van der Waals surface area contributed by atoms with Crippen LogP contribution in [0.3, 0.4) is 0 Å². The van der Waals surface area contributed by atoms with Gasteiger partial charge in [-0.25, -0.2) is 9.18 Å². The van der Waals surface area contributed by atoms with Crippen LogP contribution in [0.2, 0.25) is 5.02 Å². The number of nitrogens with one attached hydrogen (secondary N) is 2. The Morgan fingerprint density at radius 1 is 1.24 bits per heavy atom. The Balaban J connectivity index is 1.95. The molecule has 0 unspecified atom stereocenters. The van der Waals surface area contributed by atoms with Crippen LogP contribution in [0.4, 0.5) is 14.9 Å². The van der Waals surface area contributed by atoms with Gasteiger partial charge in [-0.3, -0.25) is 0 Å². The first-order valence-electron chi connectivity index (χ1n) is 6.21. The molecule has 21 heavy (non-hydrogen) atoms. The molecular formula is C15H14ClFN2O2. The van der Waals surface area contributed by atoms with Crippen molar-refractivity contribution >= 4 is 23.3 Å². The molecule has 0 heterocycles. The zero-order valence-corrected chi connectivity index (χ0v) is 12.1. The minimum Gasteiger partial charge on any atom is -0.496 e. The first-order chi connectivity index (χ1) is 10.1. The van der Waals surface area contributed by atoms with E-state index in [0.29, 0.717) is 22.0 Å². The maximum atomic E-state index is 13.2. The average Bonchev–Trinajstić information content (AvgIpc) is 2.48. The van der Waals surface area contributed by atoms with Gasteiger partial charge in [0, 0.05) is 22.8 Å². The van der Waals surface area contributed by atoms with E-state index in [9.17, 15) is 9.18 Å². The van der Waals surface area contributed by atoms with Crippen molar-refractivity contribution in [3.8, 4) is 5.75 Å². The number of urea groups is 1. The first kappa shape index (κ1) is 15.1. The second-order valence-electron chi connectivity index (χ2n) is 4.27. The van der Waals surface area contributed by atoms with Gasteiger partial charge in [-0.15, -0.1) is 0 Å².